The van der Waals surface area contributed by atoms with Crippen molar-refractivity contribution in [2.24, 2.45) is 0 Å². The lowest BCUT2D eigenvalue weighted by Gasteiger charge is -2.10. The minimum atomic E-state index is -5.02. The molecule has 1 aromatic heterocycles. The van der Waals surface area contributed by atoms with Gasteiger partial charge in [-0.05, 0) is 24.3 Å². The number of aromatic nitrogens is 2. The summed E-state index contributed by atoms with van der Waals surface area (Å²) in [5, 5.41) is 4.17. The van der Waals surface area contributed by atoms with E-state index in [0.29, 0.717) is 11.8 Å². The monoisotopic (exact) mass is 438 g/mol. The van der Waals surface area contributed by atoms with Crippen molar-refractivity contribution in [3.8, 4) is 22.7 Å². The van der Waals surface area contributed by atoms with Gasteiger partial charge in [-0.2, -0.15) is 5.10 Å². The number of para-hydroxylation sites is 1. The Labute approximate surface area is 172 Å². The minimum Gasteiger partial charge on any atom is -0.465 e. The summed E-state index contributed by atoms with van der Waals surface area (Å²) in [4.78, 5) is 24.9. The number of methoxy groups -OCH3 is 2. The molecular formula is C20H14F4N2O5. The van der Waals surface area contributed by atoms with E-state index >= 15 is 0 Å². The Morgan fingerprint density at radius 2 is 1.61 bits per heavy atom. The van der Waals surface area contributed by atoms with Crippen LogP contribution in [0.3, 0.4) is 0 Å². The summed E-state index contributed by atoms with van der Waals surface area (Å²) in [6.07, 6.45) is -5.02. The average molecular weight is 438 g/mol. The molecule has 0 aliphatic rings. The van der Waals surface area contributed by atoms with Crippen molar-refractivity contribution in [1.29, 1.82) is 0 Å². The summed E-state index contributed by atoms with van der Waals surface area (Å²) in [5.41, 5.74) is -1.09. The molecule has 0 bridgehead atoms. The first-order valence-electron chi connectivity index (χ1n) is 8.57. The number of ether oxygens (including phenoxy) is 3. The third kappa shape index (κ3) is 4.49. The Kier molecular flexibility index (Phi) is 5.95. The predicted molar refractivity (Wildman–Crippen MR) is 98.3 cm³/mol. The smallest absolute Gasteiger partial charge is 0.465 e. The molecule has 0 unspecified atom stereocenters. The lowest BCUT2D eigenvalue weighted by molar-refractivity contribution is -0.274. The lowest BCUT2D eigenvalue weighted by Crippen LogP contribution is -2.17. The Morgan fingerprint density at radius 1 is 0.968 bits per heavy atom. The number of hydrogen-bond acceptors (Lipinski definition) is 6. The Morgan fingerprint density at radius 3 is 2.16 bits per heavy atom. The molecule has 3 aromatic rings. The molecule has 0 N–H and O–H groups in total. The summed E-state index contributed by atoms with van der Waals surface area (Å²) in [5.74, 6) is -3.95. The van der Waals surface area contributed by atoms with E-state index in [2.05, 4.69) is 9.84 Å². The fourth-order valence-corrected chi connectivity index (χ4v) is 2.83. The molecule has 0 aliphatic carbocycles. The zero-order chi connectivity index (χ0) is 22.8. The summed E-state index contributed by atoms with van der Waals surface area (Å²) in [6.45, 7) is 0. The van der Waals surface area contributed by atoms with Crippen molar-refractivity contribution in [3.63, 3.8) is 0 Å². The summed E-state index contributed by atoms with van der Waals surface area (Å²) >= 11 is 0. The van der Waals surface area contributed by atoms with Gasteiger partial charge in [0, 0.05) is 11.6 Å². The molecule has 0 fully saturated rings. The second kappa shape index (κ2) is 8.46. The number of carbonyl (C=O) groups is 2. The van der Waals surface area contributed by atoms with Crippen LogP contribution in [0.4, 0.5) is 17.6 Å². The van der Waals surface area contributed by atoms with Gasteiger partial charge in [-0.15, -0.1) is 13.2 Å². The molecular weight excluding hydrogens is 424 g/mol. The third-order valence-corrected chi connectivity index (χ3v) is 4.08. The van der Waals surface area contributed by atoms with Crippen LogP contribution < -0.4 is 4.74 Å². The number of carbonyl (C=O) groups excluding carboxylic acids is 2. The van der Waals surface area contributed by atoms with Crippen LogP contribution in [0.2, 0.25) is 0 Å². The number of halogens is 4. The Hall–Kier alpha value is -3.89. The number of benzene rings is 2. The SMILES string of the molecule is COC(=O)c1c(-c2ccc(OC(F)(F)F)cc2F)nn(-c2ccccc2)c1C(=O)OC. The standard InChI is InChI=1S/C20H14F4N2O5/c1-29-18(27)15-16(13-9-8-12(10-14(13)21)31-20(22,23)24)25-26(17(15)19(28)30-2)11-6-4-3-5-7-11/h3-10H,1-2H3. The maximum absolute atomic E-state index is 14.7. The first-order chi connectivity index (χ1) is 14.7. The van der Waals surface area contributed by atoms with Crippen molar-refractivity contribution < 1.29 is 41.4 Å². The van der Waals surface area contributed by atoms with Crippen LogP contribution in [0.25, 0.3) is 16.9 Å². The number of rotatable bonds is 5. The van der Waals surface area contributed by atoms with Crippen LogP contribution in [0.1, 0.15) is 20.8 Å². The topological polar surface area (TPSA) is 79.7 Å². The maximum Gasteiger partial charge on any atom is 0.573 e. The van der Waals surface area contributed by atoms with Crippen molar-refractivity contribution in [1.82, 2.24) is 9.78 Å². The molecule has 2 aromatic carbocycles. The van der Waals surface area contributed by atoms with Crippen LogP contribution in [-0.2, 0) is 9.47 Å². The van der Waals surface area contributed by atoms with Gasteiger partial charge in [-0.1, -0.05) is 18.2 Å². The van der Waals surface area contributed by atoms with E-state index in [4.69, 9.17) is 9.47 Å². The molecule has 3 rings (SSSR count). The zero-order valence-electron chi connectivity index (χ0n) is 16.1. The van der Waals surface area contributed by atoms with Gasteiger partial charge in [-0.3, -0.25) is 0 Å². The minimum absolute atomic E-state index is 0.327. The Bertz CT molecular complexity index is 1130. The first kappa shape index (κ1) is 21.8. The largest absolute Gasteiger partial charge is 0.573 e. The van der Waals surface area contributed by atoms with Crippen molar-refractivity contribution in [2.75, 3.05) is 14.2 Å². The molecule has 1 heterocycles. The van der Waals surface area contributed by atoms with Crippen molar-refractivity contribution >= 4 is 11.9 Å². The average Bonchev–Trinajstić information content (AvgIpc) is 3.12. The van der Waals surface area contributed by atoms with Gasteiger partial charge in [-0.25, -0.2) is 18.7 Å². The van der Waals surface area contributed by atoms with Gasteiger partial charge in [0.25, 0.3) is 0 Å². The van der Waals surface area contributed by atoms with Crippen LogP contribution >= 0.6 is 0 Å². The van der Waals surface area contributed by atoms with Crippen molar-refractivity contribution in [3.05, 3.63) is 65.6 Å². The van der Waals surface area contributed by atoms with E-state index in [-0.39, 0.29) is 17.0 Å². The molecule has 162 valence electrons. The molecule has 0 saturated carbocycles. The van der Waals surface area contributed by atoms with Gasteiger partial charge in [0.1, 0.15) is 22.8 Å². The highest BCUT2D eigenvalue weighted by molar-refractivity contribution is 6.06. The highest BCUT2D eigenvalue weighted by atomic mass is 19.4. The fourth-order valence-electron chi connectivity index (χ4n) is 2.83. The Balaban J connectivity index is 2.26. The van der Waals surface area contributed by atoms with Gasteiger partial charge >= 0.3 is 18.3 Å². The van der Waals surface area contributed by atoms with E-state index in [0.717, 1.165) is 31.0 Å². The van der Waals surface area contributed by atoms with E-state index in [9.17, 15) is 27.2 Å². The van der Waals surface area contributed by atoms with Crippen LogP contribution in [0, 0.1) is 5.82 Å². The van der Waals surface area contributed by atoms with Gasteiger partial charge in [0.2, 0.25) is 0 Å². The van der Waals surface area contributed by atoms with Crippen molar-refractivity contribution in [2.45, 2.75) is 6.36 Å². The lowest BCUT2D eigenvalue weighted by atomic mass is 10.0. The highest BCUT2D eigenvalue weighted by Gasteiger charge is 2.34. The second-order valence-electron chi connectivity index (χ2n) is 5.99. The van der Waals surface area contributed by atoms with Crippen LogP contribution in [-0.4, -0.2) is 42.3 Å². The molecule has 0 spiro atoms. The molecule has 7 nitrogen and oxygen atoms in total. The number of hydrogen-bond donors (Lipinski definition) is 0. The molecule has 0 aliphatic heterocycles. The van der Waals surface area contributed by atoms with Crippen LogP contribution in [0.15, 0.2) is 48.5 Å². The summed E-state index contributed by atoms with van der Waals surface area (Å²) in [6, 6.07) is 10.4. The second-order valence-corrected chi connectivity index (χ2v) is 5.99. The summed E-state index contributed by atoms with van der Waals surface area (Å²) in [7, 11) is 2.12. The number of nitrogens with zero attached hydrogens (tertiary/aromatic N) is 2. The number of alkyl halides is 3. The van der Waals surface area contributed by atoms with E-state index in [1.807, 2.05) is 0 Å². The zero-order valence-corrected chi connectivity index (χ0v) is 16.1. The van der Waals surface area contributed by atoms with E-state index in [1.165, 1.54) is 0 Å². The molecule has 0 radical (unpaired) electrons. The predicted octanol–water partition coefficient (Wildman–Crippen LogP) is 4.15. The van der Waals surface area contributed by atoms with E-state index < -0.39 is 35.4 Å². The fraction of sp³-hybridized carbons (Fsp3) is 0.150. The van der Waals surface area contributed by atoms with Gasteiger partial charge in [0.15, 0.2) is 5.69 Å². The molecule has 0 saturated heterocycles. The van der Waals surface area contributed by atoms with Gasteiger partial charge in [0.05, 0.1) is 19.9 Å². The van der Waals surface area contributed by atoms with E-state index in [1.54, 1.807) is 30.3 Å². The molecule has 0 atom stereocenters. The maximum atomic E-state index is 14.7. The normalized spacial score (nSPS) is 11.2. The summed E-state index contributed by atoms with van der Waals surface area (Å²) < 4.78 is 66.2. The first-order valence-corrected chi connectivity index (χ1v) is 8.57. The number of esters is 2. The molecule has 11 heteroatoms. The quantitative estimate of drug-likeness (QED) is 0.440. The molecule has 0 amide bonds. The third-order valence-electron chi connectivity index (χ3n) is 4.08. The van der Waals surface area contributed by atoms with Crippen LogP contribution in [0.5, 0.6) is 5.75 Å². The van der Waals surface area contributed by atoms with Gasteiger partial charge < -0.3 is 14.2 Å². The molecule has 31 heavy (non-hydrogen) atoms. The highest BCUT2D eigenvalue weighted by Crippen LogP contribution is 2.33.